The van der Waals surface area contributed by atoms with Crippen LogP contribution in [0.25, 0.3) is 0 Å². The number of thioether (sulfide) groups is 1. The first-order chi connectivity index (χ1) is 11.7. The van der Waals surface area contributed by atoms with Crippen LogP contribution in [-0.4, -0.2) is 49.7 Å². The van der Waals surface area contributed by atoms with Gasteiger partial charge in [-0.15, -0.1) is 11.8 Å². The van der Waals surface area contributed by atoms with Gasteiger partial charge in [-0.05, 0) is 37.6 Å². The largest absolute Gasteiger partial charge is 0.453 e. The quantitative estimate of drug-likeness (QED) is 0.562. The molecule has 0 spiro atoms. The molecule has 138 valence electrons. The van der Waals surface area contributed by atoms with E-state index in [1.807, 2.05) is 0 Å². The van der Waals surface area contributed by atoms with E-state index in [1.165, 1.54) is 30.8 Å². The maximum absolute atomic E-state index is 12.8. The number of amides is 1. The molecular formula is C16H20FNO5S2. The van der Waals surface area contributed by atoms with Gasteiger partial charge in [-0.2, -0.15) is 0 Å². The summed E-state index contributed by atoms with van der Waals surface area (Å²) < 4.78 is 40.6. The van der Waals surface area contributed by atoms with Crippen LogP contribution in [0, 0.1) is 5.82 Å². The lowest BCUT2D eigenvalue weighted by atomic mass is 10.2. The number of hydrogen-bond acceptors (Lipinski definition) is 6. The molecule has 0 unspecified atom stereocenters. The number of hydrogen-bond donors (Lipinski definition) is 1. The van der Waals surface area contributed by atoms with Gasteiger partial charge in [0.1, 0.15) is 5.82 Å². The number of nitrogens with one attached hydrogen (secondary N) is 1. The van der Waals surface area contributed by atoms with Crippen LogP contribution in [0.1, 0.15) is 19.8 Å². The van der Waals surface area contributed by atoms with Gasteiger partial charge in [0, 0.05) is 16.7 Å². The Morgan fingerprint density at radius 2 is 2.04 bits per heavy atom. The number of carbonyl (C=O) groups is 2. The molecule has 1 aromatic rings. The highest BCUT2D eigenvalue weighted by Gasteiger charge is 2.30. The van der Waals surface area contributed by atoms with E-state index in [1.54, 1.807) is 12.1 Å². The smallest absolute Gasteiger partial charge is 0.307 e. The molecule has 1 amide bonds. The minimum Gasteiger partial charge on any atom is -0.453 e. The predicted octanol–water partition coefficient (Wildman–Crippen LogP) is 1.54. The normalized spacial score (nSPS) is 20.0. The highest BCUT2D eigenvalue weighted by Crippen LogP contribution is 2.19. The molecule has 1 N–H and O–H groups in total. The van der Waals surface area contributed by atoms with Crippen LogP contribution < -0.4 is 5.32 Å². The molecule has 2 atom stereocenters. The van der Waals surface area contributed by atoms with Crippen molar-refractivity contribution in [2.45, 2.75) is 36.8 Å². The Bertz CT molecular complexity index is 721. The second kappa shape index (κ2) is 8.66. The summed E-state index contributed by atoms with van der Waals surface area (Å²) in [5, 5.41) is 2.59. The second-order valence-corrected chi connectivity index (χ2v) is 9.19. The number of carbonyl (C=O) groups excluding carboxylic acids is 2. The highest BCUT2D eigenvalue weighted by molar-refractivity contribution is 7.99. The molecule has 0 saturated carbocycles. The predicted molar refractivity (Wildman–Crippen MR) is 92.5 cm³/mol. The third-order valence-corrected chi connectivity index (χ3v) is 6.43. The van der Waals surface area contributed by atoms with E-state index in [4.69, 9.17) is 4.74 Å². The SMILES string of the molecule is C[C@H](OC(=O)CCSc1ccc(F)cc1)C(=O)N[C@@H]1CCS(=O)(=O)C1. The zero-order valence-corrected chi connectivity index (χ0v) is 15.4. The van der Waals surface area contributed by atoms with Crippen LogP contribution in [0.5, 0.6) is 0 Å². The van der Waals surface area contributed by atoms with E-state index in [0.717, 1.165) is 4.90 Å². The summed E-state index contributed by atoms with van der Waals surface area (Å²) >= 11 is 1.38. The molecule has 1 aliphatic heterocycles. The number of sulfone groups is 1. The summed E-state index contributed by atoms with van der Waals surface area (Å²) in [4.78, 5) is 24.6. The van der Waals surface area contributed by atoms with Gasteiger partial charge in [-0.1, -0.05) is 0 Å². The molecule has 0 aliphatic carbocycles. The van der Waals surface area contributed by atoms with Crippen molar-refractivity contribution in [3.8, 4) is 0 Å². The summed E-state index contributed by atoms with van der Waals surface area (Å²) in [5.41, 5.74) is 0. The van der Waals surface area contributed by atoms with Crippen molar-refractivity contribution in [3.63, 3.8) is 0 Å². The first kappa shape index (κ1) is 19.7. The second-order valence-electron chi connectivity index (χ2n) is 5.79. The van der Waals surface area contributed by atoms with Gasteiger partial charge >= 0.3 is 5.97 Å². The van der Waals surface area contributed by atoms with E-state index >= 15 is 0 Å². The van der Waals surface area contributed by atoms with Crippen molar-refractivity contribution in [1.29, 1.82) is 0 Å². The Labute approximate surface area is 150 Å². The Kier molecular flexibility index (Phi) is 6.83. The average molecular weight is 389 g/mol. The highest BCUT2D eigenvalue weighted by atomic mass is 32.2. The molecule has 1 aliphatic rings. The van der Waals surface area contributed by atoms with Gasteiger partial charge in [0.05, 0.1) is 17.9 Å². The number of esters is 1. The third-order valence-electron chi connectivity index (χ3n) is 3.64. The summed E-state index contributed by atoms with van der Waals surface area (Å²) in [6.07, 6.45) is -0.493. The zero-order valence-electron chi connectivity index (χ0n) is 13.7. The molecule has 25 heavy (non-hydrogen) atoms. The van der Waals surface area contributed by atoms with E-state index in [0.29, 0.717) is 12.2 Å². The lowest BCUT2D eigenvalue weighted by Gasteiger charge is -2.16. The molecule has 9 heteroatoms. The van der Waals surface area contributed by atoms with Gasteiger partial charge in [-0.3, -0.25) is 9.59 Å². The first-order valence-corrected chi connectivity index (χ1v) is 10.6. The van der Waals surface area contributed by atoms with Crippen molar-refractivity contribution in [3.05, 3.63) is 30.1 Å². The van der Waals surface area contributed by atoms with E-state index in [-0.39, 0.29) is 23.7 Å². The molecule has 1 heterocycles. The van der Waals surface area contributed by atoms with E-state index in [9.17, 15) is 22.4 Å². The molecule has 1 saturated heterocycles. The fourth-order valence-electron chi connectivity index (χ4n) is 2.32. The summed E-state index contributed by atoms with van der Waals surface area (Å²) in [5.74, 6) is -0.906. The molecule has 0 bridgehead atoms. The summed E-state index contributed by atoms with van der Waals surface area (Å²) in [6.45, 7) is 1.45. The lowest BCUT2D eigenvalue weighted by Crippen LogP contribution is -2.42. The maximum atomic E-state index is 12.8. The molecule has 0 radical (unpaired) electrons. The van der Waals surface area contributed by atoms with E-state index < -0.39 is 33.9 Å². The van der Waals surface area contributed by atoms with Crippen molar-refractivity contribution in [2.24, 2.45) is 0 Å². The Morgan fingerprint density at radius 1 is 1.36 bits per heavy atom. The minimum absolute atomic E-state index is 0.0622. The van der Waals surface area contributed by atoms with Gasteiger partial charge in [0.15, 0.2) is 15.9 Å². The molecule has 1 aromatic carbocycles. The van der Waals surface area contributed by atoms with Crippen LogP contribution in [0.3, 0.4) is 0 Å². The lowest BCUT2D eigenvalue weighted by molar-refractivity contribution is -0.154. The van der Waals surface area contributed by atoms with Crippen LogP contribution in [-0.2, 0) is 24.2 Å². The maximum Gasteiger partial charge on any atom is 0.307 e. The van der Waals surface area contributed by atoms with Crippen LogP contribution in [0.15, 0.2) is 29.2 Å². The van der Waals surface area contributed by atoms with Crippen LogP contribution in [0.2, 0.25) is 0 Å². The molecule has 1 fully saturated rings. The Morgan fingerprint density at radius 3 is 2.64 bits per heavy atom. The number of ether oxygens (including phenoxy) is 1. The monoisotopic (exact) mass is 389 g/mol. The minimum atomic E-state index is -3.08. The fourth-order valence-corrected chi connectivity index (χ4v) is 4.83. The van der Waals surface area contributed by atoms with Crippen molar-refractivity contribution in [2.75, 3.05) is 17.3 Å². The number of rotatable bonds is 7. The average Bonchev–Trinajstić information content (AvgIpc) is 2.88. The summed E-state index contributed by atoms with van der Waals surface area (Å²) in [6, 6.07) is 5.51. The Balaban J connectivity index is 1.68. The van der Waals surface area contributed by atoms with Crippen molar-refractivity contribution in [1.82, 2.24) is 5.32 Å². The first-order valence-electron chi connectivity index (χ1n) is 7.84. The zero-order chi connectivity index (χ0) is 18.4. The van der Waals surface area contributed by atoms with Gasteiger partial charge < -0.3 is 10.1 Å². The third kappa shape index (κ3) is 6.66. The number of benzene rings is 1. The standard InChI is InChI=1S/C16H20FNO5S2/c1-11(16(20)18-13-7-9-25(21,22)10-13)23-15(19)6-8-24-14-4-2-12(17)3-5-14/h2-5,11,13H,6-10H2,1H3,(H,18,20)/t11-,13+/m0/s1. The van der Waals surface area contributed by atoms with Gasteiger partial charge in [0.2, 0.25) is 0 Å². The van der Waals surface area contributed by atoms with Crippen molar-refractivity contribution >= 4 is 33.5 Å². The van der Waals surface area contributed by atoms with Gasteiger partial charge in [0.25, 0.3) is 5.91 Å². The molecule has 6 nitrogen and oxygen atoms in total. The topological polar surface area (TPSA) is 89.5 Å². The molecule has 0 aromatic heterocycles. The number of halogens is 1. The van der Waals surface area contributed by atoms with Crippen LogP contribution in [0.4, 0.5) is 4.39 Å². The van der Waals surface area contributed by atoms with Crippen LogP contribution >= 0.6 is 11.8 Å². The fraction of sp³-hybridized carbons (Fsp3) is 0.500. The van der Waals surface area contributed by atoms with Gasteiger partial charge in [-0.25, -0.2) is 12.8 Å². The summed E-state index contributed by atoms with van der Waals surface area (Å²) in [7, 11) is -3.08. The Hall–Kier alpha value is -1.61. The van der Waals surface area contributed by atoms with E-state index in [2.05, 4.69) is 5.32 Å². The van der Waals surface area contributed by atoms with Crippen molar-refractivity contribution < 1.29 is 27.1 Å². The molecule has 2 rings (SSSR count). The molecular weight excluding hydrogens is 369 g/mol.